The number of halogens is 1. The molecule has 1 aromatic carbocycles. The highest BCUT2D eigenvalue weighted by Gasteiger charge is 2.12. The van der Waals surface area contributed by atoms with Gasteiger partial charge in [-0.25, -0.2) is 4.98 Å². The van der Waals surface area contributed by atoms with E-state index in [1.807, 2.05) is 25.2 Å². The lowest BCUT2D eigenvalue weighted by Gasteiger charge is -2.18. The van der Waals surface area contributed by atoms with Crippen LogP contribution in [0, 0.1) is 0 Å². The zero-order chi connectivity index (χ0) is 14.5. The minimum absolute atomic E-state index is 0.174. The van der Waals surface area contributed by atoms with Gasteiger partial charge < -0.3 is 10.1 Å². The van der Waals surface area contributed by atoms with Crippen molar-refractivity contribution in [3.63, 3.8) is 0 Å². The van der Waals surface area contributed by atoms with Crippen molar-refractivity contribution in [1.29, 1.82) is 0 Å². The molecule has 0 spiro atoms. The van der Waals surface area contributed by atoms with Gasteiger partial charge in [0.25, 0.3) is 0 Å². The molecular weight excluding hydrogens is 276 g/mol. The average Bonchev–Trinajstić information content (AvgIpc) is 2.83. The van der Waals surface area contributed by atoms with Crippen LogP contribution in [-0.2, 0) is 13.7 Å². The van der Waals surface area contributed by atoms with Gasteiger partial charge in [-0.05, 0) is 31.7 Å². The second-order valence-electron chi connectivity index (χ2n) is 4.55. The number of benzene rings is 1. The first-order valence-electron chi connectivity index (χ1n) is 6.60. The Labute approximate surface area is 123 Å². The van der Waals surface area contributed by atoms with Crippen LogP contribution in [0.1, 0.15) is 31.3 Å². The molecule has 20 heavy (non-hydrogen) atoms. The van der Waals surface area contributed by atoms with Crippen molar-refractivity contribution < 1.29 is 4.74 Å². The molecule has 1 atom stereocenters. The van der Waals surface area contributed by atoms with Gasteiger partial charge in [-0.1, -0.05) is 18.5 Å². The lowest BCUT2D eigenvalue weighted by atomic mass is 10.1. The SMILES string of the molecule is CCNC(C)c1cc(Cl)ccc1OCc1ncnn1C. The Hall–Kier alpha value is -1.59. The number of aromatic nitrogens is 3. The fourth-order valence-electron chi connectivity index (χ4n) is 2.00. The molecule has 0 aliphatic heterocycles. The van der Waals surface area contributed by atoms with Crippen LogP contribution in [0.5, 0.6) is 5.75 Å². The third-order valence-electron chi connectivity index (χ3n) is 3.11. The van der Waals surface area contributed by atoms with Gasteiger partial charge in [-0.15, -0.1) is 0 Å². The molecule has 0 aliphatic carbocycles. The Bertz CT molecular complexity index is 570. The number of aryl methyl sites for hydroxylation is 1. The van der Waals surface area contributed by atoms with E-state index in [0.29, 0.717) is 11.6 Å². The van der Waals surface area contributed by atoms with E-state index in [2.05, 4.69) is 29.2 Å². The standard InChI is InChI=1S/C14H19ClN4O/c1-4-16-10(2)12-7-11(15)5-6-13(12)20-8-14-17-9-18-19(14)3/h5-7,9-10,16H,4,8H2,1-3H3. The molecule has 0 aliphatic rings. The van der Waals surface area contributed by atoms with Gasteiger partial charge in [0.1, 0.15) is 18.7 Å². The number of hydrogen-bond acceptors (Lipinski definition) is 4. The molecule has 0 amide bonds. The molecule has 108 valence electrons. The molecule has 5 nitrogen and oxygen atoms in total. The third-order valence-corrected chi connectivity index (χ3v) is 3.35. The van der Waals surface area contributed by atoms with Crippen molar-refractivity contribution in [1.82, 2.24) is 20.1 Å². The highest BCUT2D eigenvalue weighted by molar-refractivity contribution is 6.30. The first-order chi connectivity index (χ1) is 9.61. The average molecular weight is 295 g/mol. The molecule has 0 saturated heterocycles. The summed E-state index contributed by atoms with van der Waals surface area (Å²) in [4.78, 5) is 4.14. The maximum Gasteiger partial charge on any atom is 0.164 e. The summed E-state index contributed by atoms with van der Waals surface area (Å²) in [6, 6.07) is 5.83. The second-order valence-corrected chi connectivity index (χ2v) is 4.99. The Morgan fingerprint density at radius 2 is 2.25 bits per heavy atom. The number of nitrogens with one attached hydrogen (secondary N) is 1. The van der Waals surface area contributed by atoms with Crippen LogP contribution < -0.4 is 10.1 Å². The largest absolute Gasteiger partial charge is 0.485 e. The van der Waals surface area contributed by atoms with Gasteiger partial charge in [0.15, 0.2) is 5.82 Å². The van der Waals surface area contributed by atoms with E-state index < -0.39 is 0 Å². The van der Waals surface area contributed by atoms with Crippen LogP contribution >= 0.6 is 11.6 Å². The Morgan fingerprint density at radius 1 is 1.45 bits per heavy atom. The number of nitrogens with zero attached hydrogens (tertiary/aromatic N) is 3. The van der Waals surface area contributed by atoms with Crippen molar-refractivity contribution >= 4 is 11.6 Å². The molecular formula is C14H19ClN4O. The summed E-state index contributed by atoms with van der Waals surface area (Å²) in [5.41, 5.74) is 1.04. The third kappa shape index (κ3) is 3.49. The predicted octanol–water partition coefficient (Wildman–Crippen LogP) is 2.72. The van der Waals surface area contributed by atoms with Crippen LogP contribution in [0.4, 0.5) is 0 Å². The van der Waals surface area contributed by atoms with Gasteiger partial charge in [-0.2, -0.15) is 5.10 Å². The first-order valence-corrected chi connectivity index (χ1v) is 6.98. The van der Waals surface area contributed by atoms with Gasteiger partial charge in [0, 0.05) is 23.7 Å². The van der Waals surface area contributed by atoms with Crippen LogP contribution in [0.2, 0.25) is 5.02 Å². The molecule has 6 heteroatoms. The number of ether oxygens (including phenoxy) is 1. The normalized spacial score (nSPS) is 12.4. The quantitative estimate of drug-likeness (QED) is 0.890. The molecule has 1 aromatic heterocycles. The topological polar surface area (TPSA) is 52.0 Å². The predicted molar refractivity (Wildman–Crippen MR) is 78.9 cm³/mol. The summed E-state index contributed by atoms with van der Waals surface area (Å²) in [5.74, 6) is 1.59. The van der Waals surface area contributed by atoms with Crippen LogP contribution in [-0.4, -0.2) is 21.3 Å². The fraction of sp³-hybridized carbons (Fsp3) is 0.429. The molecule has 1 unspecified atom stereocenters. The number of hydrogen-bond donors (Lipinski definition) is 1. The minimum Gasteiger partial charge on any atom is -0.485 e. The van der Waals surface area contributed by atoms with E-state index >= 15 is 0 Å². The van der Waals surface area contributed by atoms with Crippen molar-refractivity contribution in [2.45, 2.75) is 26.5 Å². The van der Waals surface area contributed by atoms with Crippen LogP contribution in [0.3, 0.4) is 0 Å². The van der Waals surface area contributed by atoms with E-state index in [1.54, 1.807) is 4.68 Å². The van der Waals surface area contributed by atoms with E-state index in [1.165, 1.54) is 6.33 Å². The summed E-state index contributed by atoms with van der Waals surface area (Å²) in [5, 5.41) is 8.09. The van der Waals surface area contributed by atoms with Gasteiger partial charge >= 0.3 is 0 Å². The molecule has 0 bridgehead atoms. The molecule has 1 N–H and O–H groups in total. The summed E-state index contributed by atoms with van der Waals surface area (Å²) in [6.07, 6.45) is 1.52. The van der Waals surface area contributed by atoms with Crippen molar-refractivity contribution in [3.05, 3.63) is 40.9 Å². The fourth-order valence-corrected chi connectivity index (χ4v) is 2.18. The summed E-state index contributed by atoms with van der Waals surface area (Å²) in [6.45, 7) is 5.42. The highest BCUT2D eigenvalue weighted by Crippen LogP contribution is 2.28. The van der Waals surface area contributed by atoms with Gasteiger partial charge in [0.2, 0.25) is 0 Å². The smallest absolute Gasteiger partial charge is 0.164 e. The van der Waals surface area contributed by atoms with E-state index in [4.69, 9.17) is 16.3 Å². The minimum atomic E-state index is 0.174. The lowest BCUT2D eigenvalue weighted by Crippen LogP contribution is -2.18. The monoisotopic (exact) mass is 294 g/mol. The van der Waals surface area contributed by atoms with Crippen molar-refractivity contribution in [3.8, 4) is 5.75 Å². The maximum absolute atomic E-state index is 6.08. The zero-order valence-electron chi connectivity index (χ0n) is 11.9. The summed E-state index contributed by atoms with van der Waals surface area (Å²) >= 11 is 6.08. The Balaban J connectivity index is 2.16. The molecule has 1 heterocycles. The maximum atomic E-state index is 6.08. The van der Waals surface area contributed by atoms with Crippen molar-refractivity contribution in [2.75, 3.05) is 6.54 Å². The first kappa shape index (κ1) is 14.8. The molecule has 0 radical (unpaired) electrons. The molecule has 2 rings (SSSR count). The van der Waals surface area contributed by atoms with Gasteiger partial charge in [-0.3, -0.25) is 4.68 Å². The van der Waals surface area contributed by atoms with Crippen molar-refractivity contribution in [2.24, 2.45) is 7.05 Å². The lowest BCUT2D eigenvalue weighted by molar-refractivity contribution is 0.284. The summed E-state index contributed by atoms with van der Waals surface area (Å²) in [7, 11) is 1.84. The summed E-state index contributed by atoms with van der Waals surface area (Å²) < 4.78 is 7.56. The second kappa shape index (κ2) is 6.72. The van der Waals surface area contributed by atoms with Crippen LogP contribution in [0.25, 0.3) is 0 Å². The van der Waals surface area contributed by atoms with E-state index in [0.717, 1.165) is 23.7 Å². The molecule has 0 fully saturated rings. The van der Waals surface area contributed by atoms with Crippen LogP contribution in [0.15, 0.2) is 24.5 Å². The highest BCUT2D eigenvalue weighted by atomic mass is 35.5. The van der Waals surface area contributed by atoms with E-state index in [9.17, 15) is 0 Å². The zero-order valence-corrected chi connectivity index (χ0v) is 12.7. The molecule has 0 saturated carbocycles. The Kier molecular flexibility index (Phi) is 4.98. The van der Waals surface area contributed by atoms with Gasteiger partial charge in [0.05, 0.1) is 0 Å². The molecule has 2 aromatic rings. The van der Waals surface area contributed by atoms with E-state index in [-0.39, 0.29) is 6.04 Å². The Morgan fingerprint density at radius 3 is 2.90 bits per heavy atom. The number of rotatable bonds is 6.